The number of aromatic nitrogens is 1. The Kier molecular flexibility index (Phi) is 5.92. The Morgan fingerprint density at radius 1 is 1.16 bits per heavy atom. The molecule has 1 aromatic heterocycles. The minimum atomic E-state index is 0.414. The third kappa shape index (κ3) is 4.93. The van der Waals surface area contributed by atoms with Gasteiger partial charge in [-0.05, 0) is 71.7 Å². The van der Waals surface area contributed by atoms with Crippen LogP contribution in [0.5, 0.6) is 0 Å². The Bertz CT molecular complexity index is 649. The maximum Gasteiger partial charge on any atom is 0.208 e. The molecule has 0 aliphatic carbocycles. The molecule has 2 aromatic rings. The lowest BCUT2D eigenvalue weighted by Gasteiger charge is -2.31. The van der Waals surface area contributed by atoms with Crippen LogP contribution in [0.15, 0.2) is 28.7 Å². The molecule has 4 nitrogen and oxygen atoms in total. The number of aryl methyl sites for hydroxylation is 3. The van der Waals surface area contributed by atoms with E-state index in [4.69, 9.17) is 4.42 Å². The maximum absolute atomic E-state index is 5.72. The summed E-state index contributed by atoms with van der Waals surface area (Å²) in [7, 11) is 0. The summed E-state index contributed by atoms with van der Waals surface area (Å²) in [6, 6.07) is 9.26. The van der Waals surface area contributed by atoms with Crippen molar-refractivity contribution in [2.45, 2.75) is 53.1 Å². The predicted molar refractivity (Wildman–Crippen MR) is 102 cm³/mol. The normalized spacial score (nSPS) is 17.8. The first-order valence-corrected chi connectivity index (χ1v) is 9.46. The number of nitrogens with one attached hydrogen (secondary N) is 1. The Morgan fingerprint density at radius 3 is 2.44 bits per heavy atom. The summed E-state index contributed by atoms with van der Waals surface area (Å²) >= 11 is 0. The van der Waals surface area contributed by atoms with Crippen molar-refractivity contribution in [2.24, 2.45) is 5.92 Å². The van der Waals surface area contributed by atoms with Gasteiger partial charge in [0.1, 0.15) is 5.76 Å². The quantitative estimate of drug-likeness (QED) is 0.856. The number of likely N-dealkylation sites (tertiary alicyclic amines) is 1. The number of piperidine rings is 1. The molecule has 1 aliphatic heterocycles. The van der Waals surface area contributed by atoms with E-state index in [0.29, 0.717) is 6.04 Å². The lowest BCUT2D eigenvalue weighted by Crippen LogP contribution is -2.37. The summed E-state index contributed by atoms with van der Waals surface area (Å²) in [5.74, 6) is 2.57. The van der Waals surface area contributed by atoms with Gasteiger partial charge in [-0.3, -0.25) is 4.90 Å². The molecule has 1 aromatic carbocycles. The van der Waals surface area contributed by atoms with Gasteiger partial charge >= 0.3 is 0 Å². The SMILES string of the molecule is Cc1ccc([C@@H](C)NCC2CCN(Cc3nc(C)c(C)o3)CC2)cc1. The highest BCUT2D eigenvalue weighted by Gasteiger charge is 2.21. The van der Waals surface area contributed by atoms with Crippen LogP contribution in [0, 0.1) is 26.7 Å². The Balaban J connectivity index is 1.41. The largest absolute Gasteiger partial charge is 0.444 e. The molecule has 1 atom stereocenters. The van der Waals surface area contributed by atoms with Crippen molar-refractivity contribution in [3.8, 4) is 0 Å². The lowest BCUT2D eigenvalue weighted by atomic mass is 9.96. The van der Waals surface area contributed by atoms with E-state index in [0.717, 1.165) is 49.4 Å². The average molecular weight is 341 g/mol. The molecule has 1 saturated heterocycles. The Morgan fingerprint density at radius 2 is 1.84 bits per heavy atom. The van der Waals surface area contributed by atoms with Crippen LogP contribution in [-0.4, -0.2) is 29.5 Å². The smallest absolute Gasteiger partial charge is 0.208 e. The second-order valence-electron chi connectivity index (χ2n) is 7.51. The van der Waals surface area contributed by atoms with Crippen molar-refractivity contribution in [2.75, 3.05) is 19.6 Å². The van der Waals surface area contributed by atoms with Gasteiger partial charge in [-0.2, -0.15) is 0 Å². The number of rotatable bonds is 6. The van der Waals surface area contributed by atoms with Crippen LogP contribution in [0.1, 0.15) is 54.3 Å². The summed E-state index contributed by atoms with van der Waals surface area (Å²) < 4.78 is 5.72. The zero-order valence-electron chi connectivity index (χ0n) is 16.0. The number of hydrogen-bond acceptors (Lipinski definition) is 4. The Hall–Kier alpha value is -1.65. The molecule has 0 unspecified atom stereocenters. The second kappa shape index (κ2) is 8.15. The first kappa shape index (κ1) is 18.2. The van der Waals surface area contributed by atoms with E-state index in [1.54, 1.807) is 0 Å². The van der Waals surface area contributed by atoms with Gasteiger partial charge in [0.2, 0.25) is 5.89 Å². The summed E-state index contributed by atoms with van der Waals surface area (Å²) in [5, 5.41) is 3.71. The third-order valence-electron chi connectivity index (χ3n) is 5.43. The minimum Gasteiger partial charge on any atom is -0.444 e. The molecule has 136 valence electrons. The van der Waals surface area contributed by atoms with E-state index in [9.17, 15) is 0 Å². The van der Waals surface area contributed by atoms with Crippen molar-refractivity contribution in [1.82, 2.24) is 15.2 Å². The van der Waals surface area contributed by atoms with E-state index in [2.05, 4.69) is 53.3 Å². The molecule has 1 fully saturated rings. The number of hydrogen-bond donors (Lipinski definition) is 1. The fraction of sp³-hybridized carbons (Fsp3) is 0.571. The minimum absolute atomic E-state index is 0.414. The Labute approximate surface area is 151 Å². The molecule has 0 radical (unpaired) electrons. The number of oxazole rings is 1. The van der Waals surface area contributed by atoms with E-state index in [-0.39, 0.29) is 0 Å². The van der Waals surface area contributed by atoms with Crippen LogP contribution in [0.25, 0.3) is 0 Å². The van der Waals surface area contributed by atoms with Gasteiger partial charge in [0, 0.05) is 6.04 Å². The maximum atomic E-state index is 5.72. The van der Waals surface area contributed by atoms with Crippen LogP contribution in [0.4, 0.5) is 0 Å². The molecular weight excluding hydrogens is 310 g/mol. The van der Waals surface area contributed by atoms with E-state index < -0.39 is 0 Å². The van der Waals surface area contributed by atoms with E-state index >= 15 is 0 Å². The third-order valence-corrected chi connectivity index (χ3v) is 5.43. The molecule has 1 N–H and O–H groups in total. The number of benzene rings is 1. The van der Waals surface area contributed by atoms with Crippen LogP contribution in [0.3, 0.4) is 0 Å². The van der Waals surface area contributed by atoms with Gasteiger partial charge in [-0.1, -0.05) is 29.8 Å². The average Bonchev–Trinajstić information content (AvgIpc) is 2.92. The highest BCUT2D eigenvalue weighted by molar-refractivity contribution is 5.23. The first-order valence-electron chi connectivity index (χ1n) is 9.46. The molecule has 0 saturated carbocycles. The summed E-state index contributed by atoms with van der Waals surface area (Å²) in [4.78, 5) is 6.96. The second-order valence-corrected chi connectivity index (χ2v) is 7.51. The summed E-state index contributed by atoms with van der Waals surface area (Å²) in [5.41, 5.74) is 3.71. The van der Waals surface area contributed by atoms with Crippen LogP contribution >= 0.6 is 0 Å². The molecule has 25 heavy (non-hydrogen) atoms. The van der Waals surface area contributed by atoms with Gasteiger partial charge in [-0.15, -0.1) is 0 Å². The standard InChI is InChI=1S/C21H31N3O/c1-15-5-7-20(8-6-15)17(3)22-13-19-9-11-24(12-10-19)14-21-23-16(2)18(4)25-21/h5-8,17,19,22H,9-14H2,1-4H3/t17-/m1/s1. The molecule has 1 aliphatic rings. The van der Waals surface area contributed by atoms with Crippen LogP contribution in [-0.2, 0) is 6.54 Å². The lowest BCUT2D eigenvalue weighted by molar-refractivity contribution is 0.160. The molecule has 0 bridgehead atoms. The summed E-state index contributed by atoms with van der Waals surface area (Å²) in [6.45, 7) is 12.6. The van der Waals surface area contributed by atoms with Crippen molar-refractivity contribution < 1.29 is 4.42 Å². The van der Waals surface area contributed by atoms with Gasteiger partial charge in [0.25, 0.3) is 0 Å². The van der Waals surface area contributed by atoms with Gasteiger partial charge in [0.05, 0.1) is 12.2 Å². The van der Waals surface area contributed by atoms with E-state index in [1.807, 2.05) is 13.8 Å². The van der Waals surface area contributed by atoms with Crippen molar-refractivity contribution in [3.05, 3.63) is 52.7 Å². The first-order chi connectivity index (χ1) is 12.0. The highest BCUT2D eigenvalue weighted by Crippen LogP contribution is 2.21. The topological polar surface area (TPSA) is 41.3 Å². The highest BCUT2D eigenvalue weighted by atomic mass is 16.4. The monoisotopic (exact) mass is 341 g/mol. The predicted octanol–water partition coefficient (Wildman–Crippen LogP) is 4.16. The zero-order chi connectivity index (χ0) is 17.8. The molecule has 0 spiro atoms. The van der Waals surface area contributed by atoms with Crippen LogP contribution < -0.4 is 5.32 Å². The van der Waals surface area contributed by atoms with Gasteiger partial charge in [-0.25, -0.2) is 4.98 Å². The van der Waals surface area contributed by atoms with Crippen molar-refractivity contribution in [1.29, 1.82) is 0 Å². The van der Waals surface area contributed by atoms with Gasteiger partial charge < -0.3 is 9.73 Å². The molecule has 0 amide bonds. The molecule has 2 heterocycles. The number of nitrogens with zero attached hydrogens (tertiary/aromatic N) is 2. The van der Waals surface area contributed by atoms with Crippen molar-refractivity contribution in [3.63, 3.8) is 0 Å². The van der Waals surface area contributed by atoms with Crippen molar-refractivity contribution >= 4 is 0 Å². The summed E-state index contributed by atoms with van der Waals surface area (Å²) in [6.07, 6.45) is 2.48. The molecule has 3 rings (SSSR count). The fourth-order valence-corrected chi connectivity index (χ4v) is 3.46. The van der Waals surface area contributed by atoms with Crippen LogP contribution in [0.2, 0.25) is 0 Å². The fourth-order valence-electron chi connectivity index (χ4n) is 3.46. The zero-order valence-corrected chi connectivity index (χ0v) is 16.0. The van der Waals surface area contributed by atoms with Gasteiger partial charge in [0.15, 0.2) is 0 Å². The molecule has 4 heteroatoms. The molecular formula is C21H31N3O. The van der Waals surface area contributed by atoms with E-state index in [1.165, 1.54) is 24.0 Å².